The van der Waals surface area contributed by atoms with Crippen molar-refractivity contribution in [3.05, 3.63) is 52.0 Å². The summed E-state index contributed by atoms with van der Waals surface area (Å²) in [7, 11) is 0. The molecule has 0 amide bonds. The van der Waals surface area contributed by atoms with Gasteiger partial charge in [0.1, 0.15) is 5.75 Å². The third-order valence-electron chi connectivity index (χ3n) is 4.17. The first-order valence-electron chi connectivity index (χ1n) is 6.60. The molecule has 0 saturated heterocycles. The highest BCUT2D eigenvalue weighted by atomic mass is 35.5. The highest BCUT2D eigenvalue weighted by molar-refractivity contribution is 6.30. The number of nitrogens with one attached hydrogen (secondary N) is 1. The van der Waals surface area contributed by atoms with Gasteiger partial charge in [0.05, 0.1) is 0 Å². The summed E-state index contributed by atoms with van der Waals surface area (Å²) < 4.78 is 0. The Morgan fingerprint density at radius 1 is 1.10 bits per heavy atom. The minimum absolute atomic E-state index is 0. The average molecular weight is 308 g/mol. The fourth-order valence-electron chi connectivity index (χ4n) is 3.39. The molecule has 104 valence electrons. The molecule has 0 spiro atoms. The van der Waals surface area contributed by atoms with Gasteiger partial charge in [0, 0.05) is 11.1 Å². The fourth-order valence-corrected chi connectivity index (χ4v) is 3.56. The molecule has 0 saturated carbocycles. The van der Waals surface area contributed by atoms with Crippen LogP contribution >= 0.6 is 24.0 Å². The van der Waals surface area contributed by atoms with Gasteiger partial charge in [-0.25, -0.2) is 0 Å². The molecule has 0 radical (unpaired) electrons. The van der Waals surface area contributed by atoms with E-state index in [1.54, 1.807) is 0 Å². The normalized spacial score (nSPS) is 18.8. The van der Waals surface area contributed by atoms with Crippen molar-refractivity contribution in [3.63, 3.8) is 0 Å². The zero-order valence-electron chi connectivity index (χ0n) is 10.8. The maximum absolute atomic E-state index is 9.95. The Bertz CT molecular complexity index is 684. The van der Waals surface area contributed by atoms with Crippen molar-refractivity contribution in [2.45, 2.75) is 18.9 Å². The maximum Gasteiger partial charge on any atom is 0.116 e. The molecule has 0 aromatic heterocycles. The summed E-state index contributed by atoms with van der Waals surface area (Å²) in [6.45, 7) is 0.976. The lowest BCUT2D eigenvalue weighted by molar-refractivity contribution is 0.466. The minimum Gasteiger partial charge on any atom is -0.508 e. The van der Waals surface area contributed by atoms with Crippen LogP contribution in [0.5, 0.6) is 5.75 Å². The molecule has 2 aliphatic rings. The van der Waals surface area contributed by atoms with Crippen molar-refractivity contribution in [2.75, 3.05) is 6.54 Å². The molecule has 1 unspecified atom stereocenters. The van der Waals surface area contributed by atoms with E-state index in [-0.39, 0.29) is 12.4 Å². The van der Waals surface area contributed by atoms with Crippen molar-refractivity contribution >= 4 is 24.0 Å². The van der Waals surface area contributed by atoms with Crippen LogP contribution in [0.15, 0.2) is 30.3 Å². The largest absolute Gasteiger partial charge is 0.508 e. The van der Waals surface area contributed by atoms with Crippen LogP contribution in [0.25, 0.3) is 11.1 Å². The predicted molar refractivity (Wildman–Crippen MR) is 84.0 cm³/mol. The summed E-state index contributed by atoms with van der Waals surface area (Å²) in [6, 6.07) is 10.2. The molecule has 2 aromatic carbocycles. The first-order chi connectivity index (χ1) is 9.22. The number of hydrogen-bond donors (Lipinski definition) is 2. The molecule has 0 bridgehead atoms. The fraction of sp³-hybridized carbons (Fsp3) is 0.250. The Kier molecular flexibility index (Phi) is 3.41. The van der Waals surface area contributed by atoms with E-state index in [2.05, 4.69) is 11.4 Å². The molecule has 4 rings (SSSR count). The van der Waals surface area contributed by atoms with Crippen LogP contribution in [0.1, 0.15) is 22.7 Å². The van der Waals surface area contributed by atoms with Crippen molar-refractivity contribution in [1.29, 1.82) is 0 Å². The predicted octanol–water partition coefficient (Wildman–Crippen LogP) is 3.88. The van der Waals surface area contributed by atoms with Gasteiger partial charge < -0.3 is 10.4 Å². The molecule has 2 aromatic rings. The van der Waals surface area contributed by atoms with E-state index in [9.17, 15) is 5.11 Å². The molecular formula is C16H15Cl2NO. The molecular weight excluding hydrogens is 293 g/mol. The van der Waals surface area contributed by atoms with Crippen LogP contribution in [0, 0.1) is 0 Å². The number of rotatable bonds is 0. The second kappa shape index (κ2) is 4.96. The zero-order valence-corrected chi connectivity index (χ0v) is 12.4. The highest BCUT2D eigenvalue weighted by Crippen LogP contribution is 2.44. The van der Waals surface area contributed by atoms with Crippen molar-refractivity contribution in [3.8, 4) is 16.9 Å². The SMILES string of the molecule is Cl.Oc1cc2c3c(c1)-c1cc(Cl)ccc1CC3NCC2. The minimum atomic E-state index is 0. The van der Waals surface area contributed by atoms with E-state index < -0.39 is 0 Å². The third-order valence-corrected chi connectivity index (χ3v) is 4.41. The lowest BCUT2D eigenvalue weighted by Crippen LogP contribution is -2.33. The molecule has 2 nitrogen and oxygen atoms in total. The Morgan fingerprint density at radius 3 is 2.80 bits per heavy atom. The van der Waals surface area contributed by atoms with E-state index in [1.165, 1.54) is 22.3 Å². The Morgan fingerprint density at radius 2 is 1.95 bits per heavy atom. The van der Waals surface area contributed by atoms with Gasteiger partial charge >= 0.3 is 0 Å². The summed E-state index contributed by atoms with van der Waals surface area (Å²) in [6.07, 6.45) is 1.97. The van der Waals surface area contributed by atoms with Crippen LogP contribution in [0.4, 0.5) is 0 Å². The van der Waals surface area contributed by atoms with Crippen molar-refractivity contribution < 1.29 is 5.11 Å². The monoisotopic (exact) mass is 307 g/mol. The summed E-state index contributed by atoms with van der Waals surface area (Å²) in [5, 5.41) is 14.3. The Balaban J connectivity index is 0.00000121. The molecule has 1 aliphatic heterocycles. The maximum atomic E-state index is 9.95. The number of fused-ring (bicyclic) bond motifs is 2. The van der Waals surface area contributed by atoms with E-state index in [0.717, 1.165) is 30.0 Å². The number of benzene rings is 2. The topological polar surface area (TPSA) is 32.3 Å². The number of hydrogen-bond acceptors (Lipinski definition) is 2. The van der Waals surface area contributed by atoms with Gasteiger partial charge in [0.15, 0.2) is 0 Å². The van der Waals surface area contributed by atoms with E-state index in [0.29, 0.717) is 11.8 Å². The summed E-state index contributed by atoms with van der Waals surface area (Å²) in [5.41, 5.74) is 6.21. The van der Waals surface area contributed by atoms with Gasteiger partial charge in [-0.05, 0) is 71.5 Å². The molecule has 1 heterocycles. The zero-order chi connectivity index (χ0) is 13.0. The number of phenols is 1. The number of aromatic hydroxyl groups is 1. The van der Waals surface area contributed by atoms with E-state index >= 15 is 0 Å². The summed E-state index contributed by atoms with van der Waals surface area (Å²) >= 11 is 6.13. The summed E-state index contributed by atoms with van der Waals surface area (Å²) in [4.78, 5) is 0. The first kappa shape index (κ1) is 13.7. The standard InChI is InChI=1S/C16H14ClNO.ClH/c17-11-2-1-9-6-15-16-10(3-4-18-15)5-12(19)8-14(16)13(9)7-11;/h1-2,5,7-8,15,18-19H,3-4,6H2;1H. The van der Waals surface area contributed by atoms with Crippen molar-refractivity contribution in [1.82, 2.24) is 5.32 Å². The molecule has 1 aliphatic carbocycles. The summed E-state index contributed by atoms with van der Waals surface area (Å²) in [5.74, 6) is 0.349. The Labute approximate surface area is 129 Å². The number of phenolic OH excluding ortho intramolecular Hbond substituents is 1. The van der Waals surface area contributed by atoms with E-state index in [4.69, 9.17) is 11.6 Å². The van der Waals surface area contributed by atoms with Gasteiger partial charge in [-0.3, -0.25) is 0 Å². The Hall–Kier alpha value is -1.22. The number of halogens is 2. The highest BCUT2D eigenvalue weighted by Gasteiger charge is 2.29. The van der Waals surface area contributed by atoms with Crippen LogP contribution in [0.2, 0.25) is 5.02 Å². The lowest BCUT2D eigenvalue weighted by atomic mass is 9.78. The lowest BCUT2D eigenvalue weighted by Gasteiger charge is -2.34. The van der Waals surface area contributed by atoms with Crippen LogP contribution in [0.3, 0.4) is 0 Å². The molecule has 20 heavy (non-hydrogen) atoms. The average Bonchev–Trinajstić information content (AvgIpc) is 2.39. The molecule has 2 N–H and O–H groups in total. The van der Waals surface area contributed by atoms with Gasteiger partial charge in [-0.1, -0.05) is 17.7 Å². The van der Waals surface area contributed by atoms with E-state index in [1.807, 2.05) is 24.3 Å². The molecule has 1 atom stereocenters. The van der Waals surface area contributed by atoms with Crippen LogP contribution in [-0.2, 0) is 12.8 Å². The second-order valence-electron chi connectivity index (χ2n) is 5.33. The van der Waals surface area contributed by atoms with Gasteiger partial charge in [-0.2, -0.15) is 0 Å². The van der Waals surface area contributed by atoms with Gasteiger partial charge in [0.2, 0.25) is 0 Å². The first-order valence-corrected chi connectivity index (χ1v) is 6.98. The molecule has 0 fully saturated rings. The van der Waals surface area contributed by atoms with Gasteiger partial charge in [0.25, 0.3) is 0 Å². The quantitative estimate of drug-likeness (QED) is 0.774. The molecule has 4 heteroatoms. The third kappa shape index (κ3) is 1.99. The van der Waals surface area contributed by atoms with Crippen molar-refractivity contribution in [2.24, 2.45) is 0 Å². The second-order valence-corrected chi connectivity index (χ2v) is 5.76. The smallest absolute Gasteiger partial charge is 0.116 e. The van der Waals surface area contributed by atoms with Crippen LogP contribution in [-0.4, -0.2) is 11.7 Å². The van der Waals surface area contributed by atoms with Gasteiger partial charge in [-0.15, -0.1) is 12.4 Å². The van der Waals surface area contributed by atoms with Crippen LogP contribution < -0.4 is 5.32 Å².